The molecule has 0 spiro atoms. The van der Waals surface area contributed by atoms with Crippen LogP contribution in [0.1, 0.15) is 46.5 Å². The van der Waals surface area contributed by atoms with Crippen molar-refractivity contribution < 1.29 is 4.79 Å². The Balaban J connectivity index is 1.85. The maximum atomic E-state index is 12.0. The van der Waals surface area contributed by atoms with Crippen LogP contribution in [0.4, 0.5) is 0 Å². The first-order valence-corrected chi connectivity index (χ1v) is 6.24. The van der Waals surface area contributed by atoms with Gasteiger partial charge in [-0.05, 0) is 31.6 Å². The second kappa shape index (κ2) is 3.89. The normalized spacial score (nSPS) is 22.1. The highest BCUT2D eigenvalue weighted by molar-refractivity contribution is 5.85. The van der Waals surface area contributed by atoms with Gasteiger partial charge < -0.3 is 0 Å². The lowest BCUT2D eigenvalue weighted by molar-refractivity contribution is -0.127. The molecule has 0 aliphatic heterocycles. The quantitative estimate of drug-likeness (QED) is 0.693. The summed E-state index contributed by atoms with van der Waals surface area (Å²) in [7, 11) is 0. The van der Waals surface area contributed by atoms with Crippen molar-refractivity contribution in [2.45, 2.75) is 52.5 Å². The van der Waals surface area contributed by atoms with Crippen LogP contribution in [-0.4, -0.2) is 29.8 Å². The molecule has 86 valence electrons. The minimum absolute atomic E-state index is 0.170. The minimum Gasteiger partial charge on any atom is -0.298 e. The van der Waals surface area contributed by atoms with Gasteiger partial charge >= 0.3 is 0 Å². The zero-order valence-corrected chi connectivity index (χ0v) is 10.3. The molecular weight excluding hydrogens is 186 g/mol. The molecule has 0 N–H and O–H groups in total. The molecule has 0 amide bonds. The number of rotatable bonds is 5. The standard InChI is InChI=1S/C13H23NO/c1-13(2,3)12(15)9-14(11-6-7-11)8-10-4-5-10/h10-11H,4-9H2,1-3H3. The third-order valence-electron chi connectivity index (χ3n) is 3.44. The van der Waals surface area contributed by atoms with Crippen LogP contribution in [0.15, 0.2) is 0 Å². The molecule has 2 aliphatic carbocycles. The predicted molar refractivity (Wildman–Crippen MR) is 61.8 cm³/mol. The first kappa shape index (κ1) is 11.1. The van der Waals surface area contributed by atoms with E-state index in [1.165, 1.54) is 32.2 Å². The minimum atomic E-state index is -0.170. The summed E-state index contributed by atoms with van der Waals surface area (Å²) in [6.45, 7) is 7.93. The van der Waals surface area contributed by atoms with E-state index in [1.54, 1.807) is 0 Å². The predicted octanol–water partition coefficient (Wildman–Crippen LogP) is 2.48. The molecule has 0 aromatic rings. The molecule has 15 heavy (non-hydrogen) atoms. The van der Waals surface area contributed by atoms with Gasteiger partial charge in [0.15, 0.2) is 5.78 Å². The third kappa shape index (κ3) is 3.30. The zero-order chi connectivity index (χ0) is 11.1. The average molecular weight is 209 g/mol. The molecule has 2 aliphatic rings. The Bertz CT molecular complexity index is 246. The molecule has 2 fully saturated rings. The average Bonchev–Trinajstić information content (AvgIpc) is 2.97. The SMILES string of the molecule is CC(C)(C)C(=O)CN(CC1CC1)C1CC1. The molecule has 2 heteroatoms. The molecule has 0 radical (unpaired) electrons. The van der Waals surface area contributed by atoms with E-state index in [4.69, 9.17) is 0 Å². The van der Waals surface area contributed by atoms with Crippen molar-refractivity contribution in [3.05, 3.63) is 0 Å². The Hall–Kier alpha value is -0.370. The Morgan fingerprint density at radius 3 is 2.20 bits per heavy atom. The van der Waals surface area contributed by atoms with Gasteiger partial charge in [0.2, 0.25) is 0 Å². The molecule has 2 nitrogen and oxygen atoms in total. The molecule has 0 aromatic heterocycles. The summed E-state index contributed by atoms with van der Waals surface area (Å²) in [6, 6.07) is 0.733. The van der Waals surface area contributed by atoms with Crippen molar-refractivity contribution in [1.82, 2.24) is 4.90 Å². The highest BCUT2D eigenvalue weighted by Crippen LogP contribution is 2.35. The zero-order valence-electron chi connectivity index (χ0n) is 10.3. The third-order valence-corrected chi connectivity index (χ3v) is 3.44. The topological polar surface area (TPSA) is 20.3 Å². The maximum Gasteiger partial charge on any atom is 0.152 e. The van der Waals surface area contributed by atoms with Crippen LogP contribution in [0.2, 0.25) is 0 Å². The highest BCUT2D eigenvalue weighted by atomic mass is 16.1. The van der Waals surface area contributed by atoms with Gasteiger partial charge in [-0.2, -0.15) is 0 Å². The van der Waals surface area contributed by atoms with Gasteiger partial charge in [0, 0.05) is 18.0 Å². The van der Waals surface area contributed by atoms with Crippen molar-refractivity contribution in [1.29, 1.82) is 0 Å². The fraction of sp³-hybridized carbons (Fsp3) is 0.923. The number of ketones is 1. The maximum absolute atomic E-state index is 12.0. The van der Waals surface area contributed by atoms with E-state index in [9.17, 15) is 4.79 Å². The van der Waals surface area contributed by atoms with Crippen molar-refractivity contribution in [2.75, 3.05) is 13.1 Å². The summed E-state index contributed by atoms with van der Waals surface area (Å²) in [5.74, 6) is 1.30. The first-order chi connectivity index (χ1) is 6.97. The summed E-state index contributed by atoms with van der Waals surface area (Å²) >= 11 is 0. The molecule has 0 unspecified atom stereocenters. The molecular formula is C13H23NO. The van der Waals surface area contributed by atoms with Crippen molar-refractivity contribution in [3.63, 3.8) is 0 Å². The van der Waals surface area contributed by atoms with Gasteiger partial charge in [-0.3, -0.25) is 9.69 Å². The molecule has 0 bridgehead atoms. The fourth-order valence-electron chi connectivity index (χ4n) is 1.84. The molecule has 2 saturated carbocycles. The van der Waals surface area contributed by atoms with Crippen LogP contribution < -0.4 is 0 Å². The first-order valence-electron chi connectivity index (χ1n) is 6.24. The van der Waals surface area contributed by atoms with Crippen LogP contribution in [0.5, 0.6) is 0 Å². The Morgan fingerprint density at radius 1 is 1.20 bits per heavy atom. The lowest BCUT2D eigenvalue weighted by atomic mass is 9.90. The summed E-state index contributed by atoms with van der Waals surface area (Å²) in [5.41, 5.74) is -0.170. The van der Waals surface area contributed by atoms with Gasteiger partial charge in [-0.25, -0.2) is 0 Å². The van der Waals surface area contributed by atoms with Crippen LogP contribution in [-0.2, 0) is 4.79 Å². The van der Waals surface area contributed by atoms with Crippen LogP contribution in [0, 0.1) is 11.3 Å². The van der Waals surface area contributed by atoms with Gasteiger partial charge in [0.25, 0.3) is 0 Å². The summed E-state index contributed by atoms with van der Waals surface area (Å²) in [4.78, 5) is 14.4. The Morgan fingerprint density at radius 2 is 1.80 bits per heavy atom. The number of nitrogens with zero attached hydrogens (tertiary/aromatic N) is 1. The number of hydrogen-bond acceptors (Lipinski definition) is 2. The van der Waals surface area contributed by atoms with Gasteiger partial charge in [-0.15, -0.1) is 0 Å². The second-order valence-corrected chi connectivity index (χ2v) is 6.28. The number of carbonyl (C=O) groups excluding carboxylic acids is 1. The molecule has 2 rings (SSSR count). The van der Waals surface area contributed by atoms with E-state index in [-0.39, 0.29) is 5.41 Å². The number of hydrogen-bond donors (Lipinski definition) is 0. The van der Waals surface area contributed by atoms with E-state index < -0.39 is 0 Å². The van der Waals surface area contributed by atoms with Gasteiger partial charge in [-0.1, -0.05) is 20.8 Å². The molecule has 0 aromatic carbocycles. The summed E-state index contributed by atoms with van der Waals surface area (Å²) in [5, 5.41) is 0. The largest absolute Gasteiger partial charge is 0.298 e. The Labute approximate surface area is 93.0 Å². The molecule has 0 saturated heterocycles. The lowest BCUT2D eigenvalue weighted by Gasteiger charge is -2.25. The summed E-state index contributed by atoms with van der Waals surface area (Å²) < 4.78 is 0. The lowest BCUT2D eigenvalue weighted by Crippen LogP contribution is -2.38. The number of carbonyl (C=O) groups is 1. The molecule has 0 atom stereocenters. The van der Waals surface area contributed by atoms with E-state index in [2.05, 4.69) is 4.90 Å². The van der Waals surface area contributed by atoms with Crippen molar-refractivity contribution >= 4 is 5.78 Å². The van der Waals surface area contributed by atoms with Crippen molar-refractivity contribution in [3.8, 4) is 0 Å². The fourth-order valence-corrected chi connectivity index (χ4v) is 1.84. The van der Waals surface area contributed by atoms with Gasteiger partial charge in [0.05, 0.1) is 6.54 Å². The monoisotopic (exact) mass is 209 g/mol. The smallest absolute Gasteiger partial charge is 0.152 e. The summed E-state index contributed by atoms with van der Waals surface area (Å²) in [6.07, 6.45) is 5.38. The second-order valence-electron chi connectivity index (χ2n) is 6.28. The van der Waals surface area contributed by atoms with E-state index in [0.717, 1.165) is 12.0 Å². The van der Waals surface area contributed by atoms with Crippen LogP contribution in [0.3, 0.4) is 0 Å². The van der Waals surface area contributed by atoms with Crippen LogP contribution in [0.25, 0.3) is 0 Å². The number of Topliss-reactive ketones (excluding diaryl/α,β-unsaturated/α-hetero) is 1. The van der Waals surface area contributed by atoms with E-state index in [0.29, 0.717) is 12.3 Å². The Kier molecular flexibility index (Phi) is 2.89. The van der Waals surface area contributed by atoms with E-state index in [1.807, 2.05) is 20.8 Å². The van der Waals surface area contributed by atoms with Crippen LogP contribution >= 0.6 is 0 Å². The van der Waals surface area contributed by atoms with E-state index >= 15 is 0 Å². The van der Waals surface area contributed by atoms with Crippen molar-refractivity contribution in [2.24, 2.45) is 11.3 Å². The molecule has 0 heterocycles. The highest BCUT2D eigenvalue weighted by Gasteiger charge is 2.36. The van der Waals surface area contributed by atoms with Gasteiger partial charge in [0.1, 0.15) is 0 Å².